The van der Waals surface area contributed by atoms with Crippen LogP contribution >= 0.6 is 0 Å². The van der Waals surface area contributed by atoms with Crippen LogP contribution in [0.5, 0.6) is 11.5 Å². The molecule has 0 radical (unpaired) electrons. The van der Waals surface area contributed by atoms with Gasteiger partial charge in [0.2, 0.25) is 0 Å². The number of aromatic hydroxyl groups is 1. The van der Waals surface area contributed by atoms with Crippen molar-refractivity contribution >= 4 is 17.3 Å². The molecule has 5 N–H and O–H groups in total. The van der Waals surface area contributed by atoms with Gasteiger partial charge in [-0.3, -0.25) is 4.79 Å². The predicted octanol–water partition coefficient (Wildman–Crippen LogP) is 0.187. The minimum Gasteiger partial charge on any atom is -0.508 e. The number of aliphatic hydroxyl groups is 4. The smallest absolute Gasteiger partial charge is 0.200 e. The zero-order chi connectivity index (χ0) is 21.8. The van der Waals surface area contributed by atoms with Crippen molar-refractivity contribution in [3.05, 3.63) is 59.0 Å². The fraction of sp³-hybridized carbons (Fsp3) is 0.238. The Bertz CT molecular complexity index is 1070. The van der Waals surface area contributed by atoms with Crippen LogP contribution < -0.4 is 10.2 Å². The largest absolute Gasteiger partial charge is 0.508 e. The van der Waals surface area contributed by atoms with E-state index in [1.807, 2.05) is 0 Å². The Morgan fingerprint density at radius 2 is 1.70 bits per heavy atom. The molecule has 0 spiro atoms. The number of phenols is 1. The van der Waals surface area contributed by atoms with Crippen LogP contribution in [-0.4, -0.2) is 62.8 Å². The van der Waals surface area contributed by atoms with Crippen LogP contribution in [0.15, 0.2) is 57.9 Å². The first-order valence-corrected chi connectivity index (χ1v) is 8.97. The lowest BCUT2D eigenvalue weighted by Crippen LogP contribution is -2.47. The quantitative estimate of drug-likeness (QED) is 0.323. The third-order valence-electron chi connectivity index (χ3n) is 4.58. The van der Waals surface area contributed by atoms with Crippen molar-refractivity contribution in [2.24, 2.45) is 0 Å². The van der Waals surface area contributed by atoms with E-state index in [2.05, 4.69) is 0 Å². The van der Waals surface area contributed by atoms with Crippen molar-refractivity contribution in [1.29, 1.82) is 0 Å². The van der Waals surface area contributed by atoms with Gasteiger partial charge in [-0.2, -0.15) is 0 Å². The summed E-state index contributed by atoms with van der Waals surface area (Å²) >= 11 is 0. The summed E-state index contributed by atoms with van der Waals surface area (Å²) in [6.07, 6.45) is -5.78. The van der Waals surface area contributed by atoms with E-state index in [0.717, 1.165) is 0 Å². The summed E-state index contributed by atoms with van der Waals surface area (Å²) in [5.74, 6) is 0.297. The highest BCUT2D eigenvalue weighted by Crippen LogP contribution is 2.24. The molecule has 4 atom stereocenters. The normalized spacial score (nSPS) is 15.3. The van der Waals surface area contributed by atoms with Crippen molar-refractivity contribution < 1.29 is 39.5 Å². The lowest BCUT2D eigenvalue weighted by molar-refractivity contribution is -0.135. The molecule has 0 aliphatic rings. The number of aldehydes is 1. The highest BCUT2D eigenvalue weighted by Gasteiger charge is 2.30. The van der Waals surface area contributed by atoms with E-state index in [1.165, 1.54) is 36.6 Å². The summed E-state index contributed by atoms with van der Waals surface area (Å²) in [5, 5.41) is 48.1. The molecule has 3 rings (SSSR count). The number of ether oxygens (including phenoxy) is 1. The van der Waals surface area contributed by atoms with Crippen LogP contribution in [0.25, 0.3) is 22.1 Å². The van der Waals surface area contributed by atoms with E-state index >= 15 is 0 Å². The van der Waals surface area contributed by atoms with E-state index in [1.54, 1.807) is 12.1 Å². The molecule has 0 saturated carbocycles. The molecule has 9 heteroatoms. The SMILES string of the molecule is O=CC(O)C(O)C(O)C(O)COc1ccc2c(=O)c(-c3ccc(O)cc3)coc2c1. The number of carbonyl (C=O) groups excluding carboxylic acids is 1. The van der Waals surface area contributed by atoms with Gasteiger partial charge in [0, 0.05) is 6.07 Å². The number of fused-ring (bicyclic) bond motifs is 1. The van der Waals surface area contributed by atoms with Crippen LogP contribution in [0, 0.1) is 0 Å². The maximum atomic E-state index is 12.7. The first-order valence-electron chi connectivity index (χ1n) is 8.97. The molecule has 1 heterocycles. The van der Waals surface area contributed by atoms with Crippen LogP contribution in [0.3, 0.4) is 0 Å². The topological polar surface area (TPSA) is 158 Å². The van der Waals surface area contributed by atoms with Crippen LogP contribution in [-0.2, 0) is 4.79 Å². The van der Waals surface area contributed by atoms with E-state index < -0.39 is 31.0 Å². The summed E-state index contributed by atoms with van der Waals surface area (Å²) in [5.41, 5.74) is 0.843. The second kappa shape index (κ2) is 9.06. The summed E-state index contributed by atoms with van der Waals surface area (Å²) in [7, 11) is 0. The van der Waals surface area contributed by atoms with Gasteiger partial charge in [0.15, 0.2) is 11.7 Å². The fourth-order valence-electron chi connectivity index (χ4n) is 2.83. The molecular weight excluding hydrogens is 396 g/mol. The Kier molecular flexibility index (Phi) is 6.48. The number of phenolic OH excluding ortho intramolecular Hbond substituents is 1. The maximum Gasteiger partial charge on any atom is 0.200 e. The number of hydrogen-bond donors (Lipinski definition) is 5. The van der Waals surface area contributed by atoms with Crippen LogP contribution in [0.2, 0.25) is 0 Å². The van der Waals surface area contributed by atoms with Crippen molar-refractivity contribution in [3.63, 3.8) is 0 Å². The first kappa shape index (κ1) is 21.5. The number of aliphatic hydroxyl groups excluding tert-OH is 4. The minimum atomic E-state index is -1.87. The van der Waals surface area contributed by atoms with Gasteiger partial charge in [-0.05, 0) is 29.8 Å². The Morgan fingerprint density at radius 3 is 2.37 bits per heavy atom. The van der Waals surface area contributed by atoms with Crippen LogP contribution in [0.4, 0.5) is 0 Å². The van der Waals surface area contributed by atoms with Crippen LogP contribution in [0.1, 0.15) is 0 Å². The van der Waals surface area contributed by atoms with Gasteiger partial charge in [0.05, 0.1) is 10.9 Å². The molecular formula is C21H20O9. The highest BCUT2D eigenvalue weighted by molar-refractivity contribution is 5.82. The predicted molar refractivity (Wildman–Crippen MR) is 105 cm³/mol. The molecule has 158 valence electrons. The Hall–Kier alpha value is -3.24. The van der Waals surface area contributed by atoms with Gasteiger partial charge >= 0.3 is 0 Å². The molecule has 2 aromatic carbocycles. The zero-order valence-corrected chi connectivity index (χ0v) is 15.6. The molecule has 0 aliphatic carbocycles. The third-order valence-corrected chi connectivity index (χ3v) is 4.58. The number of hydrogen-bond acceptors (Lipinski definition) is 9. The molecule has 30 heavy (non-hydrogen) atoms. The molecule has 4 unspecified atom stereocenters. The van der Waals surface area contributed by atoms with E-state index in [9.17, 15) is 35.1 Å². The van der Waals surface area contributed by atoms with E-state index in [4.69, 9.17) is 9.15 Å². The second-order valence-corrected chi connectivity index (χ2v) is 6.67. The van der Waals surface area contributed by atoms with Crippen molar-refractivity contribution in [2.45, 2.75) is 24.4 Å². The van der Waals surface area contributed by atoms with Gasteiger partial charge in [-0.15, -0.1) is 0 Å². The zero-order valence-electron chi connectivity index (χ0n) is 15.6. The molecule has 0 amide bonds. The average Bonchev–Trinajstić information content (AvgIpc) is 2.76. The number of carbonyl (C=O) groups is 1. The van der Waals surface area contributed by atoms with Crippen molar-refractivity contribution in [3.8, 4) is 22.6 Å². The summed E-state index contributed by atoms with van der Waals surface area (Å²) in [6.45, 7) is -0.453. The van der Waals surface area contributed by atoms with Crippen molar-refractivity contribution in [2.75, 3.05) is 6.61 Å². The number of benzene rings is 2. The van der Waals surface area contributed by atoms with Gasteiger partial charge < -0.3 is 39.5 Å². The molecule has 0 fully saturated rings. The van der Waals surface area contributed by atoms with Gasteiger partial charge in [0.25, 0.3) is 0 Å². The number of rotatable bonds is 8. The summed E-state index contributed by atoms with van der Waals surface area (Å²) in [6, 6.07) is 10.5. The Balaban J connectivity index is 1.76. The molecule has 1 aromatic heterocycles. The second-order valence-electron chi connectivity index (χ2n) is 6.67. The maximum absolute atomic E-state index is 12.7. The molecule has 0 bridgehead atoms. The summed E-state index contributed by atoms with van der Waals surface area (Å²) in [4.78, 5) is 23.2. The summed E-state index contributed by atoms with van der Waals surface area (Å²) < 4.78 is 10.9. The van der Waals surface area contributed by atoms with Gasteiger partial charge in [-0.1, -0.05) is 12.1 Å². The third kappa shape index (κ3) is 4.50. The molecule has 0 aliphatic heterocycles. The van der Waals surface area contributed by atoms with Crippen molar-refractivity contribution in [1.82, 2.24) is 0 Å². The van der Waals surface area contributed by atoms with Gasteiger partial charge in [-0.25, -0.2) is 0 Å². The van der Waals surface area contributed by atoms with E-state index in [0.29, 0.717) is 11.1 Å². The molecule has 0 saturated heterocycles. The van der Waals surface area contributed by atoms with E-state index in [-0.39, 0.29) is 34.2 Å². The lowest BCUT2D eigenvalue weighted by atomic mass is 10.0. The van der Waals surface area contributed by atoms with Gasteiger partial charge in [0.1, 0.15) is 54.4 Å². The molecule has 3 aromatic rings. The fourth-order valence-corrected chi connectivity index (χ4v) is 2.83. The Labute approximate surface area is 170 Å². The average molecular weight is 416 g/mol. The monoisotopic (exact) mass is 416 g/mol. The highest BCUT2D eigenvalue weighted by atomic mass is 16.5. The first-order chi connectivity index (χ1) is 14.3. The molecule has 9 nitrogen and oxygen atoms in total. The minimum absolute atomic E-state index is 0.0409. The standard InChI is InChI=1S/C21H20O9/c22-8-16(24)20(27)21(28)17(25)10-29-13-5-6-14-18(7-13)30-9-15(19(14)26)11-1-3-12(23)4-2-11/h1-9,16-17,20-21,23-25,27-28H,10H2. The lowest BCUT2D eigenvalue weighted by Gasteiger charge is -2.24. The Morgan fingerprint density at radius 1 is 1.00 bits per heavy atom.